The lowest BCUT2D eigenvalue weighted by molar-refractivity contribution is -0.148. The Kier molecular flexibility index (Phi) is 6.51. The van der Waals surface area contributed by atoms with Crippen molar-refractivity contribution in [2.75, 3.05) is 20.2 Å². The summed E-state index contributed by atoms with van der Waals surface area (Å²) in [6.07, 6.45) is -0.152. The Morgan fingerprint density at radius 2 is 1.91 bits per heavy atom. The first-order valence-electron chi connectivity index (χ1n) is 6.69. The summed E-state index contributed by atoms with van der Waals surface area (Å²) in [4.78, 5) is 22.5. The lowest BCUT2D eigenvalue weighted by Crippen LogP contribution is -2.29. The number of carbonyl (C=O) groups is 2. The summed E-state index contributed by atoms with van der Waals surface area (Å²) in [5.74, 6) is -1.07. The van der Waals surface area contributed by atoms with Gasteiger partial charge in [0.25, 0.3) is 5.91 Å². The van der Waals surface area contributed by atoms with E-state index in [1.165, 1.54) is 7.05 Å². The Balaban J connectivity index is 2.55. The number of sulfonamides is 1. The number of esters is 1. The zero-order valence-corrected chi connectivity index (χ0v) is 13.6. The number of likely N-dealkylation sites (N-methyl/N-ethyl adjacent to an activating group) is 1. The van der Waals surface area contributed by atoms with Gasteiger partial charge in [-0.05, 0) is 31.0 Å². The molecule has 0 saturated heterocycles. The van der Waals surface area contributed by atoms with Crippen LogP contribution in [0.15, 0.2) is 23.1 Å². The third kappa shape index (κ3) is 5.45. The van der Waals surface area contributed by atoms with Gasteiger partial charge in [-0.2, -0.15) is 0 Å². The highest BCUT2D eigenvalue weighted by Crippen LogP contribution is 2.16. The summed E-state index contributed by atoms with van der Waals surface area (Å²) in [5.41, 5.74) is 1.45. The number of hydrogen-bond acceptors (Lipinski definition) is 5. The van der Waals surface area contributed by atoms with Gasteiger partial charge in [-0.3, -0.25) is 9.59 Å². The first kappa shape index (κ1) is 18.1. The molecular weight excluding hydrogens is 308 g/mol. The van der Waals surface area contributed by atoms with E-state index in [1.54, 1.807) is 26.0 Å². The van der Waals surface area contributed by atoms with E-state index in [9.17, 15) is 18.0 Å². The van der Waals surface area contributed by atoms with Crippen LogP contribution >= 0.6 is 0 Å². The molecule has 0 aliphatic heterocycles. The van der Waals surface area contributed by atoms with Gasteiger partial charge in [-0.15, -0.1) is 0 Å². The number of hydrogen-bond donors (Lipinski definition) is 2. The minimum absolute atomic E-state index is 0.0949. The maximum atomic E-state index is 12.2. The molecule has 0 spiro atoms. The van der Waals surface area contributed by atoms with Crippen LogP contribution in [0.4, 0.5) is 0 Å². The Labute approximate surface area is 130 Å². The van der Waals surface area contributed by atoms with Crippen LogP contribution in [0.2, 0.25) is 0 Å². The zero-order valence-electron chi connectivity index (χ0n) is 12.8. The van der Waals surface area contributed by atoms with Crippen LogP contribution < -0.4 is 10.0 Å². The zero-order chi connectivity index (χ0) is 16.8. The smallest absolute Gasteiger partial charge is 0.307 e. The summed E-state index contributed by atoms with van der Waals surface area (Å²) in [6.45, 7) is 3.03. The molecule has 1 amide bonds. The van der Waals surface area contributed by atoms with Crippen molar-refractivity contribution in [3.8, 4) is 0 Å². The molecule has 0 bridgehead atoms. The number of ether oxygens (including phenoxy) is 1. The highest BCUT2D eigenvalue weighted by atomic mass is 32.2. The third-order valence-electron chi connectivity index (χ3n) is 2.90. The van der Waals surface area contributed by atoms with Crippen LogP contribution in [-0.4, -0.2) is 40.5 Å². The van der Waals surface area contributed by atoms with Crippen molar-refractivity contribution in [3.05, 3.63) is 29.3 Å². The quantitative estimate of drug-likeness (QED) is 0.699. The van der Waals surface area contributed by atoms with E-state index in [2.05, 4.69) is 14.8 Å². The van der Waals surface area contributed by atoms with Crippen LogP contribution in [0.5, 0.6) is 0 Å². The molecule has 0 aromatic heterocycles. The Hall–Kier alpha value is -1.93. The second kappa shape index (κ2) is 7.90. The molecule has 0 radical (unpaired) electrons. The fraction of sp³-hybridized carbons (Fsp3) is 0.429. The van der Waals surface area contributed by atoms with E-state index in [0.29, 0.717) is 5.56 Å². The minimum atomic E-state index is -3.68. The lowest BCUT2D eigenvalue weighted by Gasteiger charge is -2.10. The largest absolute Gasteiger partial charge is 0.456 e. The van der Waals surface area contributed by atoms with Crippen molar-refractivity contribution in [3.63, 3.8) is 0 Å². The van der Waals surface area contributed by atoms with Crippen molar-refractivity contribution in [1.82, 2.24) is 10.0 Å². The molecule has 0 atom stereocenters. The molecule has 8 heteroatoms. The van der Waals surface area contributed by atoms with Gasteiger partial charge in [0.1, 0.15) is 0 Å². The van der Waals surface area contributed by atoms with Crippen LogP contribution in [0, 0.1) is 13.8 Å². The fourth-order valence-corrected chi connectivity index (χ4v) is 3.01. The van der Waals surface area contributed by atoms with Gasteiger partial charge in [0, 0.05) is 13.6 Å². The standard InChI is InChI=1S/C14H20N2O5S/c1-10-4-5-11(2)12(8-10)22(19,20)16-7-6-14(18)21-9-13(17)15-3/h4-5,8,16H,6-7,9H2,1-3H3,(H,15,17). The molecule has 2 N–H and O–H groups in total. The van der Waals surface area contributed by atoms with Gasteiger partial charge in [0.2, 0.25) is 10.0 Å². The number of benzene rings is 1. The van der Waals surface area contributed by atoms with E-state index in [-0.39, 0.29) is 24.5 Å². The van der Waals surface area contributed by atoms with E-state index >= 15 is 0 Å². The summed E-state index contributed by atoms with van der Waals surface area (Å²) in [5, 5.41) is 2.31. The summed E-state index contributed by atoms with van der Waals surface area (Å²) < 4.78 is 31.4. The van der Waals surface area contributed by atoms with E-state index < -0.39 is 21.9 Å². The molecule has 22 heavy (non-hydrogen) atoms. The van der Waals surface area contributed by atoms with E-state index in [4.69, 9.17) is 0 Å². The van der Waals surface area contributed by atoms with Crippen molar-refractivity contribution in [2.24, 2.45) is 0 Å². The molecule has 0 fully saturated rings. The summed E-state index contributed by atoms with van der Waals surface area (Å²) in [7, 11) is -2.26. The number of amides is 1. The van der Waals surface area contributed by atoms with Gasteiger partial charge < -0.3 is 10.1 Å². The van der Waals surface area contributed by atoms with Crippen molar-refractivity contribution < 1.29 is 22.7 Å². The SMILES string of the molecule is CNC(=O)COC(=O)CCNS(=O)(=O)c1cc(C)ccc1C. The van der Waals surface area contributed by atoms with Crippen LogP contribution in [0.1, 0.15) is 17.5 Å². The normalized spacial score (nSPS) is 11.0. The average Bonchev–Trinajstić information content (AvgIpc) is 2.46. The fourth-order valence-electron chi connectivity index (χ4n) is 1.65. The number of rotatable bonds is 7. The van der Waals surface area contributed by atoms with Gasteiger partial charge in [0.15, 0.2) is 6.61 Å². The van der Waals surface area contributed by atoms with Crippen molar-refractivity contribution in [1.29, 1.82) is 0 Å². The number of carbonyl (C=O) groups excluding carboxylic acids is 2. The van der Waals surface area contributed by atoms with Gasteiger partial charge in [0.05, 0.1) is 11.3 Å². The highest BCUT2D eigenvalue weighted by molar-refractivity contribution is 7.89. The first-order chi connectivity index (χ1) is 10.3. The molecule has 0 aliphatic carbocycles. The second-order valence-corrected chi connectivity index (χ2v) is 6.49. The van der Waals surface area contributed by atoms with Crippen LogP contribution in [-0.2, 0) is 24.3 Å². The maximum Gasteiger partial charge on any atom is 0.307 e. The molecule has 0 aliphatic rings. The first-order valence-corrected chi connectivity index (χ1v) is 8.17. The molecule has 7 nitrogen and oxygen atoms in total. The third-order valence-corrected chi connectivity index (χ3v) is 4.50. The number of aryl methyl sites for hydroxylation is 2. The summed E-state index contributed by atoms with van der Waals surface area (Å²) in [6, 6.07) is 5.12. The van der Waals surface area contributed by atoms with E-state index in [0.717, 1.165) is 5.56 Å². The molecule has 1 rings (SSSR count). The van der Waals surface area contributed by atoms with Crippen LogP contribution in [0.3, 0.4) is 0 Å². The average molecular weight is 328 g/mol. The highest BCUT2D eigenvalue weighted by Gasteiger charge is 2.17. The monoisotopic (exact) mass is 328 g/mol. The van der Waals surface area contributed by atoms with E-state index in [1.807, 2.05) is 6.07 Å². The number of nitrogens with one attached hydrogen (secondary N) is 2. The van der Waals surface area contributed by atoms with Crippen molar-refractivity contribution >= 4 is 21.9 Å². The topological polar surface area (TPSA) is 102 Å². The van der Waals surface area contributed by atoms with Gasteiger partial charge in [-0.1, -0.05) is 12.1 Å². The molecule has 0 unspecified atom stereocenters. The Morgan fingerprint density at radius 3 is 2.55 bits per heavy atom. The molecule has 0 heterocycles. The van der Waals surface area contributed by atoms with Gasteiger partial charge >= 0.3 is 5.97 Å². The molecular formula is C14H20N2O5S. The Morgan fingerprint density at radius 1 is 1.23 bits per heavy atom. The molecule has 0 saturated carbocycles. The molecule has 1 aromatic carbocycles. The van der Waals surface area contributed by atoms with Crippen molar-refractivity contribution in [2.45, 2.75) is 25.2 Å². The predicted molar refractivity (Wildman–Crippen MR) is 80.7 cm³/mol. The maximum absolute atomic E-state index is 12.2. The molecule has 122 valence electrons. The van der Waals surface area contributed by atoms with Crippen LogP contribution in [0.25, 0.3) is 0 Å². The lowest BCUT2D eigenvalue weighted by atomic mass is 10.2. The predicted octanol–water partition coefficient (Wildman–Crippen LogP) is 0.261. The second-order valence-electron chi connectivity index (χ2n) is 4.75. The summed E-state index contributed by atoms with van der Waals surface area (Å²) >= 11 is 0. The molecule has 1 aromatic rings. The van der Waals surface area contributed by atoms with Gasteiger partial charge in [-0.25, -0.2) is 13.1 Å². The minimum Gasteiger partial charge on any atom is -0.456 e. The Bertz CT molecular complexity index is 655.